The minimum Gasteiger partial charge on any atom is -0.478 e. The summed E-state index contributed by atoms with van der Waals surface area (Å²) < 4.78 is 0. The number of carboxylic acid groups (broad SMARTS) is 1. The van der Waals surface area contributed by atoms with Crippen LogP contribution in [-0.4, -0.2) is 34.5 Å². The lowest BCUT2D eigenvalue weighted by atomic mass is 10.2. The number of carbonyl (C=O) groups is 2. The first-order valence-corrected chi connectivity index (χ1v) is 5.22. The highest BCUT2D eigenvalue weighted by Gasteiger charge is 2.27. The van der Waals surface area contributed by atoms with E-state index in [4.69, 9.17) is 5.11 Å². The molecule has 1 aliphatic carbocycles. The molecule has 0 bridgehead atoms. The van der Waals surface area contributed by atoms with Crippen LogP contribution < -0.4 is 0 Å². The third-order valence-corrected chi connectivity index (χ3v) is 2.43. The largest absolute Gasteiger partial charge is 0.478 e. The maximum atomic E-state index is 11.6. The Balaban J connectivity index is 2.53. The van der Waals surface area contributed by atoms with Crippen molar-refractivity contribution in [1.29, 1.82) is 0 Å². The molecule has 0 saturated heterocycles. The van der Waals surface area contributed by atoms with E-state index in [9.17, 15) is 9.59 Å². The summed E-state index contributed by atoms with van der Waals surface area (Å²) in [6.45, 7) is 4.63. The van der Waals surface area contributed by atoms with Gasteiger partial charge >= 0.3 is 5.97 Å². The zero-order valence-corrected chi connectivity index (χ0v) is 9.14. The van der Waals surface area contributed by atoms with Gasteiger partial charge in [-0.1, -0.05) is 0 Å². The van der Waals surface area contributed by atoms with Crippen LogP contribution in [0, 0.1) is 5.92 Å². The van der Waals surface area contributed by atoms with Crippen molar-refractivity contribution in [2.75, 3.05) is 6.54 Å². The summed E-state index contributed by atoms with van der Waals surface area (Å²) in [7, 11) is 0. The maximum absolute atomic E-state index is 11.6. The first-order chi connectivity index (χ1) is 7.00. The molecular weight excluding hydrogens is 194 g/mol. The fourth-order valence-electron chi connectivity index (χ4n) is 1.37. The van der Waals surface area contributed by atoms with Crippen LogP contribution in [0.1, 0.15) is 26.7 Å². The van der Waals surface area contributed by atoms with Gasteiger partial charge in [0, 0.05) is 24.7 Å². The van der Waals surface area contributed by atoms with Crippen molar-refractivity contribution >= 4 is 11.9 Å². The number of hydrogen-bond donors (Lipinski definition) is 1. The fraction of sp³-hybridized carbons (Fsp3) is 0.636. The lowest BCUT2D eigenvalue weighted by Gasteiger charge is -2.25. The topological polar surface area (TPSA) is 57.6 Å². The van der Waals surface area contributed by atoms with E-state index in [1.54, 1.807) is 4.90 Å². The third-order valence-electron chi connectivity index (χ3n) is 2.43. The van der Waals surface area contributed by atoms with Gasteiger partial charge in [-0.25, -0.2) is 4.79 Å². The van der Waals surface area contributed by atoms with Gasteiger partial charge in [0.2, 0.25) is 5.91 Å². The van der Waals surface area contributed by atoms with Crippen LogP contribution in [0.3, 0.4) is 0 Å². The average molecular weight is 211 g/mol. The number of rotatable bonds is 5. The molecule has 0 unspecified atom stereocenters. The second kappa shape index (κ2) is 4.96. The molecule has 0 aromatic rings. The second-order valence-corrected chi connectivity index (χ2v) is 4.20. The average Bonchev–Trinajstić information content (AvgIpc) is 2.93. The lowest BCUT2D eigenvalue weighted by Crippen LogP contribution is -2.37. The molecule has 4 heteroatoms. The number of carboxylic acids is 1. The molecule has 1 N–H and O–H groups in total. The van der Waals surface area contributed by atoms with Crippen molar-refractivity contribution in [2.45, 2.75) is 32.7 Å². The van der Waals surface area contributed by atoms with Crippen LogP contribution in [0.15, 0.2) is 12.2 Å². The van der Waals surface area contributed by atoms with Crippen LogP contribution in [-0.2, 0) is 9.59 Å². The SMILES string of the molecule is CC(C)N(CC1CC1)C(=O)C=CC(=O)O. The van der Waals surface area contributed by atoms with E-state index in [2.05, 4.69) is 0 Å². The summed E-state index contributed by atoms with van der Waals surface area (Å²) >= 11 is 0. The summed E-state index contributed by atoms with van der Waals surface area (Å²) in [6, 6.07) is 0.122. The van der Waals surface area contributed by atoms with Gasteiger partial charge in [-0.3, -0.25) is 4.79 Å². The lowest BCUT2D eigenvalue weighted by molar-refractivity contribution is -0.132. The molecule has 1 aliphatic rings. The number of hydrogen-bond acceptors (Lipinski definition) is 2. The zero-order valence-electron chi connectivity index (χ0n) is 9.14. The summed E-state index contributed by atoms with van der Waals surface area (Å²) in [5.41, 5.74) is 0. The van der Waals surface area contributed by atoms with Crippen LogP contribution >= 0.6 is 0 Å². The van der Waals surface area contributed by atoms with Gasteiger partial charge in [-0.05, 0) is 32.6 Å². The molecule has 0 aromatic carbocycles. The maximum Gasteiger partial charge on any atom is 0.328 e. The van der Waals surface area contributed by atoms with Gasteiger partial charge in [0.15, 0.2) is 0 Å². The van der Waals surface area contributed by atoms with E-state index in [-0.39, 0.29) is 11.9 Å². The number of carbonyl (C=O) groups excluding carboxylic acids is 1. The Bertz CT molecular complexity index is 280. The first-order valence-electron chi connectivity index (χ1n) is 5.22. The van der Waals surface area contributed by atoms with Crippen molar-refractivity contribution < 1.29 is 14.7 Å². The molecule has 0 heterocycles. The quantitative estimate of drug-likeness (QED) is 0.697. The molecule has 1 fully saturated rings. The van der Waals surface area contributed by atoms with Gasteiger partial charge < -0.3 is 10.0 Å². The molecule has 1 amide bonds. The molecule has 84 valence electrons. The Kier molecular flexibility index (Phi) is 3.88. The molecular formula is C11H17NO3. The van der Waals surface area contributed by atoms with Crippen LogP contribution in [0.5, 0.6) is 0 Å². The molecule has 1 rings (SSSR count). The third kappa shape index (κ3) is 4.14. The van der Waals surface area contributed by atoms with E-state index >= 15 is 0 Å². The summed E-state index contributed by atoms with van der Waals surface area (Å²) in [5, 5.41) is 8.42. The Labute approximate surface area is 89.6 Å². The molecule has 4 nitrogen and oxygen atoms in total. The number of aliphatic carboxylic acids is 1. The Morgan fingerprint density at radius 1 is 1.40 bits per heavy atom. The standard InChI is InChI=1S/C11H17NO3/c1-8(2)12(7-9-3-4-9)10(13)5-6-11(14)15/h5-6,8-9H,3-4,7H2,1-2H3,(H,14,15). The highest BCUT2D eigenvalue weighted by Crippen LogP contribution is 2.30. The van der Waals surface area contributed by atoms with E-state index < -0.39 is 5.97 Å². The first kappa shape index (κ1) is 11.8. The van der Waals surface area contributed by atoms with Gasteiger partial charge in [0.25, 0.3) is 0 Å². The van der Waals surface area contributed by atoms with Crippen LogP contribution in [0.4, 0.5) is 0 Å². The van der Waals surface area contributed by atoms with Crippen molar-refractivity contribution in [3.8, 4) is 0 Å². The minimum absolute atomic E-state index is 0.122. The van der Waals surface area contributed by atoms with Crippen LogP contribution in [0.2, 0.25) is 0 Å². The Morgan fingerprint density at radius 2 is 2.00 bits per heavy atom. The predicted molar refractivity (Wildman–Crippen MR) is 56.3 cm³/mol. The Hall–Kier alpha value is -1.32. The highest BCUT2D eigenvalue weighted by molar-refractivity contribution is 5.94. The fourth-order valence-corrected chi connectivity index (χ4v) is 1.37. The zero-order chi connectivity index (χ0) is 11.4. The molecule has 0 radical (unpaired) electrons. The van der Waals surface area contributed by atoms with E-state index in [1.165, 1.54) is 12.8 Å². The van der Waals surface area contributed by atoms with Gasteiger partial charge in [-0.2, -0.15) is 0 Å². The molecule has 0 atom stereocenters. The predicted octanol–water partition coefficient (Wildman–Crippen LogP) is 1.27. The summed E-state index contributed by atoms with van der Waals surface area (Å²) in [5.74, 6) is -0.674. The monoisotopic (exact) mass is 211 g/mol. The van der Waals surface area contributed by atoms with Gasteiger partial charge in [0.05, 0.1) is 0 Å². The summed E-state index contributed by atoms with van der Waals surface area (Å²) in [6.07, 6.45) is 4.38. The van der Waals surface area contributed by atoms with E-state index in [1.807, 2.05) is 13.8 Å². The van der Waals surface area contributed by atoms with E-state index in [0.29, 0.717) is 5.92 Å². The number of nitrogens with zero attached hydrogens (tertiary/aromatic N) is 1. The normalized spacial score (nSPS) is 15.9. The summed E-state index contributed by atoms with van der Waals surface area (Å²) in [4.78, 5) is 23.6. The van der Waals surface area contributed by atoms with Crippen molar-refractivity contribution in [3.63, 3.8) is 0 Å². The van der Waals surface area contributed by atoms with Crippen molar-refractivity contribution in [2.24, 2.45) is 5.92 Å². The minimum atomic E-state index is -1.08. The van der Waals surface area contributed by atoms with Crippen LogP contribution in [0.25, 0.3) is 0 Å². The van der Waals surface area contributed by atoms with E-state index in [0.717, 1.165) is 18.7 Å². The molecule has 0 spiro atoms. The smallest absolute Gasteiger partial charge is 0.328 e. The second-order valence-electron chi connectivity index (χ2n) is 4.20. The molecule has 15 heavy (non-hydrogen) atoms. The van der Waals surface area contributed by atoms with Crippen molar-refractivity contribution in [1.82, 2.24) is 4.90 Å². The molecule has 0 aromatic heterocycles. The van der Waals surface area contributed by atoms with Gasteiger partial charge in [-0.15, -0.1) is 0 Å². The highest BCUT2D eigenvalue weighted by atomic mass is 16.4. The molecule has 0 aliphatic heterocycles. The number of amides is 1. The Morgan fingerprint density at radius 3 is 2.40 bits per heavy atom. The molecule has 1 saturated carbocycles. The van der Waals surface area contributed by atoms with Gasteiger partial charge in [0.1, 0.15) is 0 Å². The van der Waals surface area contributed by atoms with Crippen molar-refractivity contribution in [3.05, 3.63) is 12.2 Å².